The molecule has 0 aliphatic heterocycles. The highest BCUT2D eigenvalue weighted by atomic mass is 35.5. The van der Waals surface area contributed by atoms with Crippen LogP contribution in [-0.2, 0) is 11.2 Å². The lowest BCUT2D eigenvalue weighted by molar-refractivity contribution is -0.118. The van der Waals surface area contributed by atoms with Gasteiger partial charge in [0.2, 0.25) is 0 Å². The molecule has 1 aromatic heterocycles. The number of anilines is 1. The molecule has 1 N–H and O–H groups in total. The average molecular weight is 664 g/mol. The molecule has 0 radical (unpaired) electrons. The summed E-state index contributed by atoms with van der Waals surface area (Å²) in [5.41, 5.74) is 3.01. The summed E-state index contributed by atoms with van der Waals surface area (Å²) in [5.74, 6) is 0.699. The number of hydrogen-bond donors (Lipinski definition) is 1. The molecule has 0 fully saturated rings. The van der Waals surface area contributed by atoms with Crippen LogP contribution in [0, 0.1) is 0 Å². The SMILES string of the molecule is C=C1C=CC=CC1[P+](C(=O)c1ccc(OCC(=O)Nc2nc3ccccc3s2)c(CCCCl)c1)(c1ccccc1)c1ccccc1. The molecule has 0 spiro atoms. The maximum atomic E-state index is 15.2. The fraction of sp³-hybridized carbons (Fsp3) is 0.132. The number of carbonyl (C=O) groups excluding carboxylic acids is 2. The number of fused-ring (bicyclic) bond motifs is 1. The molecule has 230 valence electrons. The number of para-hydroxylation sites is 1. The third kappa shape index (κ3) is 6.47. The Morgan fingerprint density at radius 2 is 1.61 bits per heavy atom. The predicted molar refractivity (Wildman–Crippen MR) is 194 cm³/mol. The average Bonchev–Trinajstić information content (AvgIpc) is 3.51. The number of carbonyl (C=O) groups is 2. The van der Waals surface area contributed by atoms with Crippen LogP contribution < -0.4 is 20.7 Å². The van der Waals surface area contributed by atoms with Crippen molar-refractivity contribution in [2.24, 2.45) is 0 Å². The van der Waals surface area contributed by atoms with Crippen LogP contribution in [0.2, 0.25) is 0 Å². The second-order valence-electron chi connectivity index (χ2n) is 10.9. The first-order valence-electron chi connectivity index (χ1n) is 15.1. The molecule has 1 unspecified atom stereocenters. The molecular weight excluding hydrogens is 631 g/mol. The lowest BCUT2D eigenvalue weighted by Crippen LogP contribution is -2.37. The van der Waals surface area contributed by atoms with E-state index in [0.29, 0.717) is 35.2 Å². The Hall–Kier alpha value is -4.35. The van der Waals surface area contributed by atoms with E-state index in [2.05, 4.69) is 47.2 Å². The number of thiazole rings is 1. The number of rotatable bonds is 12. The van der Waals surface area contributed by atoms with Gasteiger partial charge in [-0.3, -0.25) is 10.1 Å². The molecule has 1 atom stereocenters. The van der Waals surface area contributed by atoms with Crippen molar-refractivity contribution in [3.8, 4) is 5.75 Å². The standard InChI is InChI=1S/C38H32ClN2O3PS/c1-27-13-8-10-20-34(27)45(30-15-4-2-5-16-30,31-17-6-3-7-18-31)37(43)29-22-23-33(28(25-29)14-12-24-39)44-26-36(42)41-38-40-32-19-9-11-21-35(32)46-38/h2-11,13,15-23,25,34H,1,12,14,24,26H2/p+1. The number of hydrogen-bond acceptors (Lipinski definition) is 5. The van der Waals surface area contributed by atoms with Gasteiger partial charge in [0.1, 0.15) is 22.0 Å². The number of alkyl halides is 1. The maximum Gasteiger partial charge on any atom is 0.309 e. The van der Waals surface area contributed by atoms with Gasteiger partial charge in [-0.25, -0.2) is 9.78 Å². The number of aromatic nitrogens is 1. The molecule has 4 aromatic carbocycles. The fourth-order valence-electron chi connectivity index (χ4n) is 5.84. The number of nitrogens with zero attached hydrogens (tertiary/aromatic N) is 1. The van der Waals surface area contributed by atoms with Gasteiger partial charge in [0.25, 0.3) is 5.91 Å². The van der Waals surface area contributed by atoms with Crippen molar-refractivity contribution in [3.63, 3.8) is 0 Å². The van der Waals surface area contributed by atoms with Gasteiger partial charge < -0.3 is 4.74 Å². The maximum absolute atomic E-state index is 15.2. The van der Waals surface area contributed by atoms with Gasteiger partial charge in [0.15, 0.2) is 19.0 Å². The highest BCUT2D eigenvalue weighted by Crippen LogP contribution is 2.65. The zero-order valence-corrected chi connectivity index (χ0v) is 27.6. The molecule has 1 aliphatic rings. The minimum atomic E-state index is -2.80. The van der Waals surface area contributed by atoms with E-state index < -0.39 is 7.26 Å². The van der Waals surface area contributed by atoms with Crippen LogP contribution in [0.5, 0.6) is 5.75 Å². The Kier molecular flexibility index (Phi) is 9.89. The van der Waals surface area contributed by atoms with E-state index >= 15 is 4.79 Å². The third-order valence-corrected chi connectivity index (χ3v) is 13.6. The Morgan fingerprint density at radius 1 is 0.913 bits per heavy atom. The Morgan fingerprint density at radius 3 is 2.28 bits per heavy atom. The molecule has 1 amide bonds. The number of aryl methyl sites for hydroxylation is 1. The van der Waals surface area contributed by atoms with E-state index in [-0.39, 0.29) is 23.7 Å². The van der Waals surface area contributed by atoms with E-state index in [4.69, 9.17) is 16.3 Å². The first-order valence-corrected chi connectivity index (χ1v) is 18.3. The number of amides is 1. The van der Waals surface area contributed by atoms with Crippen molar-refractivity contribution >= 4 is 67.6 Å². The molecule has 0 bridgehead atoms. The van der Waals surface area contributed by atoms with E-state index in [9.17, 15) is 4.79 Å². The van der Waals surface area contributed by atoms with Crippen LogP contribution >= 0.6 is 30.2 Å². The van der Waals surface area contributed by atoms with Crippen LogP contribution in [0.4, 0.5) is 5.13 Å². The van der Waals surface area contributed by atoms with Crippen molar-refractivity contribution in [2.75, 3.05) is 17.8 Å². The summed E-state index contributed by atoms with van der Waals surface area (Å²) >= 11 is 7.53. The molecule has 6 rings (SSSR count). The highest BCUT2D eigenvalue weighted by molar-refractivity contribution is 8.04. The highest BCUT2D eigenvalue weighted by Gasteiger charge is 2.57. The van der Waals surface area contributed by atoms with Gasteiger partial charge in [-0.2, -0.15) is 0 Å². The number of nitrogens with one attached hydrogen (secondary N) is 1. The smallest absolute Gasteiger partial charge is 0.309 e. The van der Waals surface area contributed by atoms with Gasteiger partial charge in [-0.05, 0) is 84.7 Å². The first-order chi connectivity index (χ1) is 22.5. The summed E-state index contributed by atoms with van der Waals surface area (Å²) in [6.07, 6.45) is 9.38. The van der Waals surface area contributed by atoms with Crippen molar-refractivity contribution in [1.82, 2.24) is 4.98 Å². The van der Waals surface area contributed by atoms with Crippen LogP contribution in [-0.4, -0.2) is 34.6 Å². The van der Waals surface area contributed by atoms with E-state index in [1.165, 1.54) is 11.3 Å². The molecule has 1 aliphatic carbocycles. The van der Waals surface area contributed by atoms with Crippen molar-refractivity contribution in [3.05, 3.63) is 151 Å². The van der Waals surface area contributed by atoms with E-state index in [1.807, 2.05) is 91.0 Å². The van der Waals surface area contributed by atoms with E-state index in [0.717, 1.165) is 32.0 Å². The van der Waals surface area contributed by atoms with Crippen LogP contribution in [0.3, 0.4) is 0 Å². The van der Waals surface area contributed by atoms with Crippen molar-refractivity contribution in [2.45, 2.75) is 18.5 Å². The lowest BCUT2D eigenvalue weighted by atomic mass is 10.1. The molecular formula is C38H33ClN2O3PS+. The fourth-order valence-corrected chi connectivity index (χ4v) is 11.3. The summed E-state index contributed by atoms with van der Waals surface area (Å²) in [4.78, 5) is 32.5. The molecule has 8 heteroatoms. The van der Waals surface area contributed by atoms with Gasteiger partial charge in [-0.1, -0.05) is 84.7 Å². The Labute approximate surface area is 278 Å². The predicted octanol–water partition coefficient (Wildman–Crippen LogP) is 8.34. The summed E-state index contributed by atoms with van der Waals surface area (Å²) < 4.78 is 7.05. The quantitative estimate of drug-likeness (QED) is 0.108. The van der Waals surface area contributed by atoms with Gasteiger partial charge in [0, 0.05) is 5.88 Å². The zero-order valence-electron chi connectivity index (χ0n) is 25.1. The third-order valence-electron chi connectivity index (χ3n) is 7.95. The molecule has 1 heterocycles. The van der Waals surface area contributed by atoms with Crippen molar-refractivity contribution in [1.29, 1.82) is 0 Å². The number of benzene rings is 4. The van der Waals surface area contributed by atoms with Gasteiger partial charge in [-0.15, -0.1) is 11.6 Å². The topological polar surface area (TPSA) is 68.3 Å². The van der Waals surface area contributed by atoms with Gasteiger partial charge >= 0.3 is 5.52 Å². The summed E-state index contributed by atoms with van der Waals surface area (Å²) in [7, 11) is -2.80. The second-order valence-corrected chi connectivity index (χ2v) is 15.8. The van der Waals surface area contributed by atoms with Gasteiger partial charge in [0.05, 0.1) is 15.8 Å². The molecule has 5 aromatic rings. The van der Waals surface area contributed by atoms with Crippen LogP contribution in [0.25, 0.3) is 10.2 Å². The lowest BCUT2D eigenvalue weighted by Gasteiger charge is -2.32. The summed E-state index contributed by atoms with van der Waals surface area (Å²) in [6, 6.07) is 33.5. The first kappa shape index (κ1) is 31.6. The number of allylic oxidation sites excluding steroid dienone is 5. The second kappa shape index (κ2) is 14.4. The number of halogens is 1. The largest absolute Gasteiger partial charge is 0.483 e. The van der Waals surface area contributed by atoms with Crippen LogP contribution in [0.15, 0.2) is 140 Å². The monoisotopic (exact) mass is 663 g/mol. The summed E-state index contributed by atoms with van der Waals surface area (Å²) in [5, 5.41) is 5.35. The molecule has 46 heavy (non-hydrogen) atoms. The molecule has 0 saturated carbocycles. The van der Waals surface area contributed by atoms with E-state index in [1.54, 1.807) is 6.07 Å². The Balaban J connectivity index is 1.35. The van der Waals surface area contributed by atoms with Crippen molar-refractivity contribution < 1.29 is 14.3 Å². The minimum Gasteiger partial charge on any atom is -0.483 e. The molecule has 5 nitrogen and oxygen atoms in total. The number of ether oxygens (including phenoxy) is 1. The minimum absolute atomic E-state index is 0.0586. The normalized spacial score (nSPS) is 14.4. The Bertz CT molecular complexity index is 1870. The summed E-state index contributed by atoms with van der Waals surface area (Å²) in [6.45, 7) is 4.21. The van der Waals surface area contributed by atoms with Crippen LogP contribution in [0.1, 0.15) is 22.3 Å². The molecule has 0 saturated heterocycles. The zero-order chi connectivity index (χ0) is 31.9.